The first-order valence-corrected chi connectivity index (χ1v) is 11.7. The molecule has 1 aromatic carbocycles. The summed E-state index contributed by atoms with van der Waals surface area (Å²) in [6.45, 7) is -2.11. The van der Waals surface area contributed by atoms with Gasteiger partial charge in [0, 0.05) is 11.6 Å². The second kappa shape index (κ2) is 9.25. The second-order valence-electron chi connectivity index (χ2n) is 8.58. The molecule has 2 aliphatic rings. The number of benzene rings is 1. The van der Waals surface area contributed by atoms with Crippen LogP contribution in [0, 0.1) is 0 Å². The molecule has 3 heterocycles. The lowest BCUT2D eigenvalue weighted by Gasteiger charge is -2.57. The van der Waals surface area contributed by atoms with Gasteiger partial charge < -0.3 is 65.1 Å². The van der Waals surface area contributed by atoms with E-state index in [2.05, 4.69) is 15.9 Å². The number of alkyl halides is 2. The number of aromatic hydroxyl groups is 1. The Balaban J connectivity index is 1.83. The number of aromatic nitrogens is 1. The van der Waals surface area contributed by atoms with E-state index in [0.29, 0.717) is 0 Å². The summed E-state index contributed by atoms with van der Waals surface area (Å²) in [5.74, 6) is -3.65. The molecule has 0 spiro atoms. The molecular formula is C20H25BrClNO13. The molecule has 16 heteroatoms. The van der Waals surface area contributed by atoms with Crippen LogP contribution in [0.25, 0.3) is 10.9 Å². The van der Waals surface area contributed by atoms with Crippen molar-refractivity contribution >= 4 is 38.4 Å². The average molecular weight is 603 g/mol. The van der Waals surface area contributed by atoms with Gasteiger partial charge in [-0.1, -0.05) is 23.7 Å². The minimum Gasteiger partial charge on any atom is -0.506 e. The van der Waals surface area contributed by atoms with Gasteiger partial charge in [0.05, 0.1) is 18.7 Å². The summed E-state index contributed by atoms with van der Waals surface area (Å²) >= 11 is 9.17. The van der Waals surface area contributed by atoms with Gasteiger partial charge in [-0.3, -0.25) is 4.74 Å². The number of hydrogen-bond donors (Lipinski definition) is 10. The summed E-state index contributed by atoms with van der Waals surface area (Å²) in [6, 6.07) is 5.94. The third-order valence-corrected chi connectivity index (χ3v) is 8.25. The van der Waals surface area contributed by atoms with E-state index in [-0.39, 0.29) is 16.7 Å². The van der Waals surface area contributed by atoms with E-state index in [1.54, 1.807) is 6.07 Å². The standard InChI is InChI=1S/C20H25BrClNO13/c21-17(7-25)20(22,33)18(31,23-5-10(26)8-3-1-2-4-9(8)23)15(30)16(35-17)36-19(32)14(29)13(28)12(27)11(6-24)34-19/h1-5,11-16,24-33H,6-7H2/t11-,12+,13+,14-,15+,16-,17-,18-,19+,20+/m1/s1. The Morgan fingerprint density at radius 2 is 1.64 bits per heavy atom. The number of aliphatic hydroxyl groups excluding tert-OH is 6. The maximum Gasteiger partial charge on any atom is 0.313 e. The normalized spacial score (nSPS) is 45.8. The number of para-hydroxylation sites is 1. The van der Waals surface area contributed by atoms with Crippen molar-refractivity contribution in [1.82, 2.24) is 4.57 Å². The predicted molar refractivity (Wildman–Crippen MR) is 120 cm³/mol. The summed E-state index contributed by atoms with van der Waals surface area (Å²) in [4.78, 5) is 0. The molecule has 10 atom stereocenters. The van der Waals surface area contributed by atoms with Crippen LogP contribution >= 0.6 is 27.5 Å². The Morgan fingerprint density at radius 3 is 2.25 bits per heavy atom. The number of rotatable bonds is 5. The molecule has 10 N–H and O–H groups in total. The van der Waals surface area contributed by atoms with Crippen molar-refractivity contribution in [2.24, 2.45) is 0 Å². The van der Waals surface area contributed by atoms with E-state index >= 15 is 0 Å². The van der Waals surface area contributed by atoms with Crippen LogP contribution in [0.2, 0.25) is 0 Å². The monoisotopic (exact) mass is 601 g/mol. The van der Waals surface area contributed by atoms with Gasteiger partial charge in [-0.25, -0.2) is 0 Å². The maximum atomic E-state index is 11.8. The molecule has 4 rings (SSSR count). The number of nitrogens with zero attached hydrogens (tertiary/aromatic N) is 1. The van der Waals surface area contributed by atoms with Gasteiger partial charge in [0.2, 0.25) is 10.8 Å². The molecule has 2 saturated heterocycles. The van der Waals surface area contributed by atoms with E-state index < -0.39 is 71.3 Å². The molecule has 14 nitrogen and oxygen atoms in total. The Kier molecular flexibility index (Phi) is 7.16. The Hall–Kier alpha value is -1.15. The zero-order valence-electron chi connectivity index (χ0n) is 18.2. The van der Waals surface area contributed by atoms with Crippen LogP contribution in [-0.2, 0) is 19.9 Å². The third kappa shape index (κ3) is 3.78. The summed E-state index contributed by atoms with van der Waals surface area (Å²) in [6.07, 6.45) is -11.9. The minimum absolute atomic E-state index is 0.0515. The molecule has 0 amide bonds. The Morgan fingerprint density at radius 1 is 1.00 bits per heavy atom. The molecule has 202 valence electrons. The molecule has 0 saturated carbocycles. The molecule has 0 bridgehead atoms. The summed E-state index contributed by atoms with van der Waals surface area (Å²) < 4.78 is 13.8. The Bertz CT molecular complexity index is 1120. The molecule has 2 aliphatic heterocycles. The molecule has 36 heavy (non-hydrogen) atoms. The maximum absolute atomic E-state index is 11.8. The first-order chi connectivity index (χ1) is 16.7. The van der Waals surface area contributed by atoms with E-state index in [9.17, 15) is 51.1 Å². The van der Waals surface area contributed by atoms with Crippen LogP contribution in [0.3, 0.4) is 0 Å². The number of aliphatic hydroxyl groups is 9. The van der Waals surface area contributed by atoms with Crippen LogP contribution < -0.4 is 0 Å². The van der Waals surface area contributed by atoms with Crippen molar-refractivity contribution in [2.75, 3.05) is 13.2 Å². The Labute approximate surface area is 215 Å². The number of ether oxygens (including phenoxy) is 3. The van der Waals surface area contributed by atoms with Gasteiger partial charge >= 0.3 is 5.97 Å². The summed E-state index contributed by atoms with van der Waals surface area (Å²) in [5, 5.41) is 102. The van der Waals surface area contributed by atoms with Crippen LogP contribution in [0.1, 0.15) is 0 Å². The highest BCUT2D eigenvalue weighted by Gasteiger charge is 2.73. The molecule has 2 aromatic rings. The van der Waals surface area contributed by atoms with Crippen LogP contribution in [-0.4, -0.2) is 121 Å². The van der Waals surface area contributed by atoms with Crippen molar-refractivity contribution in [3.8, 4) is 5.75 Å². The molecule has 0 aliphatic carbocycles. The third-order valence-electron chi connectivity index (χ3n) is 6.43. The SMILES string of the molecule is OC[C@H]1O[C@](O)(O[C@H]2O[C@](Br)(CO)[C@@](O)(Cl)[C@@](O)(n3cc(O)c4ccccc43)[C@H]2O)[C@H](O)[C@@H](O)[C@H]1O. The van der Waals surface area contributed by atoms with Gasteiger partial charge in [0.15, 0.2) is 23.0 Å². The zero-order valence-corrected chi connectivity index (χ0v) is 20.5. The van der Waals surface area contributed by atoms with Crippen molar-refractivity contribution in [1.29, 1.82) is 0 Å². The molecule has 0 radical (unpaired) electrons. The summed E-state index contributed by atoms with van der Waals surface area (Å²) in [5.41, 5.74) is -3.05. The number of fused-ring (bicyclic) bond motifs is 1. The molecule has 2 fully saturated rings. The first kappa shape index (κ1) is 27.9. The van der Waals surface area contributed by atoms with Gasteiger partial charge in [0.25, 0.3) is 0 Å². The van der Waals surface area contributed by atoms with Gasteiger partial charge in [0.1, 0.15) is 24.1 Å². The molecular weight excluding hydrogens is 578 g/mol. The van der Waals surface area contributed by atoms with E-state index in [0.717, 1.165) is 10.8 Å². The van der Waals surface area contributed by atoms with E-state index in [1.807, 2.05) is 0 Å². The second-order valence-corrected chi connectivity index (χ2v) is 10.4. The smallest absolute Gasteiger partial charge is 0.313 e. The van der Waals surface area contributed by atoms with Crippen molar-refractivity contribution < 1.29 is 65.3 Å². The van der Waals surface area contributed by atoms with Gasteiger partial charge in [-0.05, 0) is 28.1 Å². The lowest BCUT2D eigenvalue weighted by atomic mass is 9.90. The van der Waals surface area contributed by atoms with Gasteiger partial charge in [-0.2, -0.15) is 0 Å². The first-order valence-electron chi connectivity index (χ1n) is 10.5. The average Bonchev–Trinajstić information content (AvgIpc) is 3.19. The van der Waals surface area contributed by atoms with Crippen molar-refractivity contribution in [2.45, 2.75) is 58.1 Å². The highest BCUT2D eigenvalue weighted by atomic mass is 79.9. The highest BCUT2D eigenvalue weighted by Crippen LogP contribution is 2.54. The van der Waals surface area contributed by atoms with Gasteiger partial charge in [-0.15, -0.1) is 0 Å². The van der Waals surface area contributed by atoms with Crippen LogP contribution in [0.15, 0.2) is 30.5 Å². The minimum atomic E-state index is -3.26. The van der Waals surface area contributed by atoms with E-state index in [4.69, 9.17) is 25.8 Å². The largest absolute Gasteiger partial charge is 0.506 e. The van der Waals surface area contributed by atoms with Crippen LogP contribution in [0.5, 0.6) is 5.75 Å². The van der Waals surface area contributed by atoms with E-state index in [1.165, 1.54) is 18.2 Å². The van der Waals surface area contributed by atoms with Crippen molar-refractivity contribution in [3.05, 3.63) is 30.5 Å². The fourth-order valence-corrected chi connectivity index (χ4v) is 5.13. The van der Waals surface area contributed by atoms with Crippen LogP contribution in [0.4, 0.5) is 0 Å². The highest BCUT2D eigenvalue weighted by molar-refractivity contribution is 9.10. The number of halogens is 2. The molecule has 1 aromatic heterocycles. The van der Waals surface area contributed by atoms with Crippen molar-refractivity contribution in [3.63, 3.8) is 0 Å². The lowest BCUT2D eigenvalue weighted by Crippen LogP contribution is -2.77. The lowest BCUT2D eigenvalue weighted by molar-refractivity contribution is -0.499. The zero-order chi connectivity index (χ0) is 26.8. The predicted octanol–water partition coefficient (Wildman–Crippen LogP) is -3.14. The number of hydrogen-bond acceptors (Lipinski definition) is 13. The quantitative estimate of drug-likeness (QED) is 0.120. The summed E-state index contributed by atoms with van der Waals surface area (Å²) in [7, 11) is 0. The topological polar surface area (TPSA) is 235 Å². The fourth-order valence-electron chi connectivity index (χ4n) is 4.35. The molecule has 0 unspecified atom stereocenters. The fraction of sp³-hybridized carbons (Fsp3) is 0.600.